The van der Waals surface area contributed by atoms with Crippen LogP contribution in [0.5, 0.6) is 5.75 Å². The number of aryl methyl sites for hydroxylation is 1. The number of nitrogens with one attached hydrogen (secondary N) is 1. The van der Waals surface area contributed by atoms with Gasteiger partial charge in [0.05, 0.1) is 6.04 Å². The minimum absolute atomic E-state index is 0.196. The van der Waals surface area contributed by atoms with E-state index < -0.39 is 6.04 Å². The highest BCUT2D eigenvalue weighted by Gasteiger charge is 2.14. The largest absolute Gasteiger partial charge is 0.508 e. The molecule has 0 spiro atoms. The molecule has 2 aromatic carbocycles. The molecule has 0 radical (unpaired) electrons. The van der Waals surface area contributed by atoms with E-state index in [2.05, 4.69) is 21.2 Å². The molecule has 2 aromatic rings. The predicted octanol–water partition coefficient (Wildman–Crippen LogP) is 2.97. The van der Waals surface area contributed by atoms with Crippen LogP contribution in [0.15, 0.2) is 46.9 Å². The molecule has 0 aliphatic heterocycles. The number of carbonyl (C=O) groups is 1. The minimum atomic E-state index is -0.644. The van der Waals surface area contributed by atoms with Crippen LogP contribution >= 0.6 is 15.9 Å². The van der Waals surface area contributed by atoms with Crippen LogP contribution in [0.2, 0.25) is 0 Å². The summed E-state index contributed by atoms with van der Waals surface area (Å²) in [7, 11) is 0. The molecule has 0 saturated carbocycles. The molecule has 4 N–H and O–H groups in total. The fourth-order valence-corrected chi connectivity index (χ4v) is 2.26. The first-order chi connectivity index (χ1) is 9.95. The number of rotatable bonds is 4. The van der Waals surface area contributed by atoms with E-state index in [4.69, 9.17) is 5.73 Å². The first-order valence-electron chi connectivity index (χ1n) is 6.56. The molecule has 0 bridgehead atoms. The van der Waals surface area contributed by atoms with Crippen molar-refractivity contribution in [3.8, 4) is 5.75 Å². The summed E-state index contributed by atoms with van der Waals surface area (Å²) in [6.45, 7) is 1.98. The molecule has 1 amide bonds. The van der Waals surface area contributed by atoms with Gasteiger partial charge >= 0.3 is 0 Å². The van der Waals surface area contributed by atoms with Crippen molar-refractivity contribution >= 4 is 27.5 Å². The summed E-state index contributed by atoms with van der Waals surface area (Å²) in [5.74, 6) is -0.0416. The number of carbonyl (C=O) groups excluding carboxylic acids is 1. The number of anilines is 1. The van der Waals surface area contributed by atoms with Gasteiger partial charge in [-0.25, -0.2) is 0 Å². The zero-order chi connectivity index (χ0) is 15.4. The van der Waals surface area contributed by atoms with Gasteiger partial charge in [-0.3, -0.25) is 4.79 Å². The quantitative estimate of drug-likeness (QED) is 0.794. The Morgan fingerprint density at radius 1 is 1.29 bits per heavy atom. The molecule has 0 unspecified atom stereocenters. The van der Waals surface area contributed by atoms with E-state index in [1.165, 1.54) is 0 Å². The lowest BCUT2D eigenvalue weighted by atomic mass is 10.1. The number of benzene rings is 2. The van der Waals surface area contributed by atoms with Crippen molar-refractivity contribution in [3.63, 3.8) is 0 Å². The van der Waals surface area contributed by atoms with Crippen LogP contribution in [0, 0.1) is 6.92 Å². The number of phenolic OH excluding ortho intramolecular Hbond substituents is 1. The number of hydrogen-bond donors (Lipinski definition) is 3. The molecule has 1 atom stereocenters. The fraction of sp³-hybridized carbons (Fsp3) is 0.188. The summed E-state index contributed by atoms with van der Waals surface area (Å²) in [4.78, 5) is 12.1. The molecule has 0 saturated heterocycles. The maximum atomic E-state index is 12.1. The Hall–Kier alpha value is -1.85. The molecule has 5 heteroatoms. The lowest BCUT2D eigenvalue weighted by Gasteiger charge is -2.13. The molecule has 0 heterocycles. The molecule has 21 heavy (non-hydrogen) atoms. The van der Waals surface area contributed by atoms with Crippen molar-refractivity contribution in [2.24, 2.45) is 5.73 Å². The monoisotopic (exact) mass is 348 g/mol. The van der Waals surface area contributed by atoms with E-state index in [1.54, 1.807) is 24.3 Å². The lowest BCUT2D eigenvalue weighted by Crippen LogP contribution is -2.37. The summed E-state index contributed by atoms with van der Waals surface area (Å²) in [6, 6.07) is 11.6. The van der Waals surface area contributed by atoms with Gasteiger partial charge in [0.1, 0.15) is 5.75 Å². The molecular formula is C16H17BrN2O2. The SMILES string of the molecule is Cc1ccc(NC(=O)[C@@H](N)Cc2ccc(O)cc2)cc1Br. The smallest absolute Gasteiger partial charge is 0.241 e. The van der Waals surface area contributed by atoms with Gasteiger partial charge in [-0.05, 0) is 48.7 Å². The lowest BCUT2D eigenvalue weighted by molar-refractivity contribution is -0.117. The average Bonchev–Trinajstić information content (AvgIpc) is 2.45. The van der Waals surface area contributed by atoms with Gasteiger partial charge in [0, 0.05) is 10.2 Å². The van der Waals surface area contributed by atoms with Gasteiger partial charge in [-0.15, -0.1) is 0 Å². The molecule has 0 aliphatic rings. The molecule has 0 aliphatic carbocycles. The van der Waals surface area contributed by atoms with Crippen LogP contribution in [0.1, 0.15) is 11.1 Å². The summed E-state index contributed by atoms with van der Waals surface area (Å²) in [6.07, 6.45) is 0.416. The molecular weight excluding hydrogens is 332 g/mol. The van der Waals surface area contributed by atoms with Crippen LogP contribution in [0.4, 0.5) is 5.69 Å². The Bertz CT molecular complexity index is 641. The number of amides is 1. The van der Waals surface area contributed by atoms with E-state index in [-0.39, 0.29) is 11.7 Å². The predicted molar refractivity (Wildman–Crippen MR) is 87.3 cm³/mol. The van der Waals surface area contributed by atoms with Gasteiger partial charge in [-0.2, -0.15) is 0 Å². The van der Waals surface area contributed by atoms with Crippen molar-refractivity contribution in [3.05, 3.63) is 58.1 Å². The highest BCUT2D eigenvalue weighted by molar-refractivity contribution is 9.10. The topological polar surface area (TPSA) is 75.4 Å². The van der Waals surface area contributed by atoms with Gasteiger partial charge in [0.2, 0.25) is 5.91 Å². The molecule has 2 rings (SSSR count). The second kappa shape index (κ2) is 6.74. The van der Waals surface area contributed by atoms with Gasteiger partial charge in [-0.1, -0.05) is 34.1 Å². The number of aromatic hydroxyl groups is 1. The maximum Gasteiger partial charge on any atom is 0.241 e. The van der Waals surface area contributed by atoms with Crippen molar-refractivity contribution in [2.75, 3.05) is 5.32 Å². The Morgan fingerprint density at radius 2 is 1.95 bits per heavy atom. The van der Waals surface area contributed by atoms with Crippen LogP contribution in [-0.4, -0.2) is 17.1 Å². The zero-order valence-electron chi connectivity index (χ0n) is 11.6. The van der Waals surface area contributed by atoms with Gasteiger partial charge in [0.15, 0.2) is 0 Å². The van der Waals surface area contributed by atoms with Crippen LogP contribution in [-0.2, 0) is 11.2 Å². The first-order valence-corrected chi connectivity index (χ1v) is 7.35. The zero-order valence-corrected chi connectivity index (χ0v) is 13.2. The Labute approximate surface area is 132 Å². The summed E-state index contributed by atoms with van der Waals surface area (Å²) in [5.41, 5.74) is 8.63. The first kappa shape index (κ1) is 15.5. The molecule has 0 aromatic heterocycles. The van der Waals surface area contributed by atoms with Crippen molar-refractivity contribution < 1.29 is 9.90 Å². The Kier molecular flexibility index (Phi) is 4.98. The second-order valence-electron chi connectivity index (χ2n) is 4.93. The minimum Gasteiger partial charge on any atom is -0.508 e. The van der Waals surface area contributed by atoms with E-state index in [1.807, 2.05) is 25.1 Å². The third-order valence-electron chi connectivity index (χ3n) is 3.17. The summed E-state index contributed by atoms with van der Waals surface area (Å²) in [5, 5.41) is 12.0. The molecule has 4 nitrogen and oxygen atoms in total. The standard InChI is InChI=1S/C16H17BrN2O2/c1-10-2-5-12(9-14(10)17)19-16(21)15(18)8-11-3-6-13(20)7-4-11/h2-7,9,15,20H,8,18H2,1H3,(H,19,21)/t15-/m0/s1. The van der Waals surface area contributed by atoms with Crippen molar-refractivity contribution in [2.45, 2.75) is 19.4 Å². The second-order valence-corrected chi connectivity index (χ2v) is 5.78. The van der Waals surface area contributed by atoms with Crippen molar-refractivity contribution in [1.82, 2.24) is 0 Å². The summed E-state index contributed by atoms with van der Waals surface area (Å²) < 4.78 is 0.937. The number of nitrogens with two attached hydrogens (primary N) is 1. The van der Waals surface area contributed by atoms with Gasteiger partial charge < -0.3 is 16.2 Å². The molecule has 110 valence electrons. The number of hydrogen-bond acceptors (Lipinski definition) is 3. The number of phenols is 1. The van der Waals surface area contributed by atoms with E-state index in [0.717, 1.165) is 15.6 Å². The Morgan fingerprint density at radius 3 is 2.57 bits per heavy atom. The van der Waals surface area contributed by atoms with Crippen molar-refractivity contribution in [1.29, 1.82) is 0 Å². The highest BCUT2D eigenvalue weighted by atomic mass is 79.9. The third-order valence-corrected chi connectivity index (χ3v) is 4.02. The van der Waals surface area contributed by atoms with Gasteiger partial charge in [0.25, 0.3) is 0 Å². The third kappa shape index (κ3) is 4.31. The van der Waals surface area contributed by atoms with Crippen LogP contribution in [0.3, 0.4) is 0 Å². The van der Waals surface area contributed by atoms with E-state index in [0.29, 0.717) is 12.1 Å². The van der Waals surface area contributed by atoms with E-state index >= 15 is 0 Å². The van der Waals surface area contributed by atoms with Crippen LogP contribution in [0.25, 0.3) is 0 Å². The van der Waals surface area contributed by atoms with E-state index in [9.17, 15) is 9.90 Å². The Balaban J connectivity index is 1.98. The normalized spacial score (nSPS) is 12.0. The number of halogens is 1. The average molecular weight is 349 g/mol. The fourth-order valence-electron chi connectivity index (χ4n) is 1.88. The maximum absolute atomic E-state index is 12.1. The summed E-state index contributed by atoms with van der Waals surface area (Å²) >= 11 is 3.43. The molecule has 0 fully saturated rings. The van der Waals surface area contributed by atoms with Crippen LogP contribution < -0.4 is 11.1 Å². The highest BCUT2D eigenvalue weighted by Crippen LogP contribution is 2.20.